The second-order valence-corrected chi connectivity index (χ2v) is 5.03. The van der Waals surface area contributed by atoms with Gasteiger partial charge in [0, 0.05) is 7.05 Å². The Hall–Kier alpha value is -0.590. The fraction of sp³-hybridized carbons (Fsp3) is 0.556. The third kappa shape index (κ3) is 2.08. The summed E-state index contributed by atoms with van der Waals surface area (Å²) in [7, 11) is 1.62. The average Bonchev–Trinajstić information content (AvgIpc) is 2.45. The predicted molar refractivity (Wildman–Crippen MR) is 63.3 cm³/mol. The van der Waals surface area contributed by atoms with Crippen molar-refractivity contribution in [2.45, 2.75) is 26.3 Å². The van der Waals surface area contributed by atoms with Gasteiger partial charge in [-0.05, 0) is 43.4 Å². The van der Waals surface area contributed by atoms with Crippen molar-refractivity contribution >= 4 is 28.5 Å². The highest BCUT2D eigenvalue weighted by Gasteiger charge is 2.21. The van der Waals surface area contributed by atoms with Gasteiger partial charge in [0.15, 0.2) is 0 Å². The number of carbonyl (C=O) groups excluding carboxylic acids is 1. The van der Waals surface area contributed by atoms with Crippen molar-refractivity contribution in [3.63, 3.8) is 0 Å². The van der Waals surface area contributed by atoms with E-state index in [0.717, 1.165) is 3.70 Å². The highest BCUT2D eigenvalue weighted by Crippen LogP contribution is 2.20. The van der Waals surface area contributed by atoms with Crippen molar-refractivity contribution in [2.75, 3.05) is 7.05 Å². The lowest BCUT2D eigenvalue weighted by Gasteiger charge is -2.20. The van der Waals surface area contributed by atoms with Crippen molar-refractivity contribution in [3.05, 3.63) is 15.5 Å². The highest BCUT2D eigenvalue weighted by molar-refractivity contribution is 14.1. The zero-order valence-corrected chi connectivity index (χ0v) is 10.9. The van der Waals surface area contributed by atoms with E-state index in [-0.39, 0.29) is 11.4 Å². The topological polar surface area (TPSA) is 46.9 Å². The van der Waals surface area contributed by atoms with Gasteiger partial charge >= 0.3 is 0 Å². The quantitative estimate of drug-likeness (QED) is 0.801. The first-order valence-corrected chi connectivity index (χ1v) is 5.42. The summed E-state index contributed by atoms with van der Waals surface area (Å²) in [6.45, 7) is 6.15. The van der Waals surface area contributed by atoms with Gasteiger partial charge < -0.3 is 5.32 Å². The molecular formula is C9H14IN3O. The maximum Gasteiger partial charge on any atom is 0.255 e. The van der Waals surface area contributed by atoms with E-state index in [9.17, 15) is 4.79 Å². The first-order valence-electron chi connectivity index (χ1n) is 4.34. The molecule has 0 saturated heterocycles. The Labute approximate surface area is 97.2 Å². The first kappa shape index (κ1) is 11.5. The van der Waals surface area contributed by atoms with Crippen molar-refractivity contribution in [3.8, 4) is 0 Å². The molecule has 1 aromatic heterocycles. The minimum absolute atomic E-state index is 0.0927. The number of amides is 1. The summed E-state index contributed by atoms with van der Waals surface area (Å²) in [6, 6.07) is 0. The van der Waals surface area contributed by atoms with E-state index in [4.69, 9.17) is 0 Å². The Bertz CT molecular complexity index is 351. The smallest absolute Gasteiger partial charge is 0.255 e. The number of nitrogens with zero attached hydrogens (tertiary/aromatic N) is 2. The number of carbonyl (C=O) groups is 1. The maximum absolute atomic E-state index is 11.4. The predicted octanol–water partition coefficient (Wildman–Crippen LogP) is 1.60. The molecule has 14 heavy (non-hydrogen) atoms. The van der Waals surface area contributed by atoms with Crippen molar-refractivity contribution < 1.29 is 4.79 Å². The Morgan fingerprint density at radius 2 is 2.14 bits per heavy atom. The van der Waals surface area contributed by atoms with Gasteiger partial charge in [0.05, 0.1) is 17.3 Å². The normalized spacial score (nSPS) is 11.5. The van der Waals surface area contributed by atoms with Crippen molar-refractivity contribution in [2.24, 2.45) is 0 Å². The molecule has 0 aliphatic carbocycles. The molecule has 0 bridgehead atoms. The van der Waals surface area contributed by atoms with E-state index in [0.29, 0.717) is 5.56 Å². The molecule has 0 aliphatic heterocycles. The molecule has 1 aromatic rings. The van der Waals surface area contributed by atoms with E-state index < -0.39 is 0 Å². The highest BCUT2D eigenvalue weighted by atomic mass is 127. The van der Waals surface area contributed by atoms with E-state index >= 15 is 0 Å². The largest absolute Gasteiger partial charge is 0.355 e. The van der Waals surface area contributed by atoms with Crippen molar-refractivity contribution in [1.29, 1.82) is 0 Å². The summed E-state index contributed by atoms with van der Waals surface area (Å²) >= 11 is 2.14. The lowest BCUT2D eigenvalue weighted by Crippen LogP contribution is -2.25. The number of aromatic nitrogens is 2. The maximum atomic E-state index is 11.4. The average molecular weight is 307 g/mol. The molecule has 0 saturated carbocycles. The number of halogens is 1. The zero-order valence-electron chi connectivity index (χ0n) is 8.76. The number of hydrogen-bond donors (Lipinski definition) is 1. The molecule has 1 rings (SSSR count). The number of hydrogen-bond acceptors (Lipinski definition) is 2. The lowest BCUT2D eigenvalue weighted by molar-refractivity contribution is 0.0962. The Morgan fingerprint density at radius 3 is 2.50 bits per heavy atom. The fourth-order valence-electron chi connectivity index (χ4n) is 1.09. The minimum atomic E-state index is -0.0944. The van der Waals surface area contributed by atoms with Gasteiger partial charge in [-0.25, -0.2) is 0 Å². The third-order valence-corrected chi connectivity index (χ3v) is 2.86. The summed E-state index contributed by atoms with van der Waals surface area (Å²) in [5.41, 5.74) is 0.533. The molecular weight excluding hydrogens is 293 g/mol. The van der Waals surface area contributed by atoms with Crippen LogP contribution in [0.4, 0.5) is 0 Å². The summed E-state index contributed by atoms with van der Waals surface area (Å²) < 4.78 is 2.72. The van der Waals surface area contributed by atoms with Crippen LogP contribution >= 0.6 is 22.6 Å². The number of rotatable bonds is 1. The van der Waals surface area contributed by atoms with Crippen molar-refractivity contribution in [1.82, 2.24) is 15.1 Å². The summed E-state index contributed by atoms with van der Waals surface area (Å²) in [4.78, 5) is 11.4. The van der Waals surface area contributed by atoms with Crippen LogP contribution in [0.25, 0.3) is 0 Å². The third-order valence-electron chi connectivity index (χ3n) is 1.82. The molecule has 4 nitrogen and oxygen atoms in total. The van der Waals surface area contributed by atoms with Gasteiger partial charge in [-0.2, -0.15) is 5.10 Å². The molecule has 0 spiro atoms. The van der Waals surface area contributed by atoms with Crippen LogP contribution in [0.2, 0.25) is 0 Å². The van der Waals surface area contributed by atoms with Crippen LogP contribution in [0, 0.1) is 3.70 Å². The molecule has 0 fully saturated rings. The monoisotopic (exact) mass is 307 g/mol. The van der Waals surface area contributed by atoms with Gasteiger partial charge in [0.1, 0.15) is 3.70 Å². The van der Waals surface area contributed by atoms with Gasteiger partial charge in [0.2, 0.25) is 0 Å². The van der Waals surface area contributed by atoms with Crippen LogP contribution in [0.1, 0.15) is 31.1 Å². The van der Waals surface area contributed by atoms with Gasteiger partial charge in [-0.1, -0.05) is 0 Å². The second-order valence-electron chi connectivity index (χ2n) is 4.01. The molecule has 0 aliphatic rings. The lowest BCUT2D eigenvalue weighted by atomic mass is 10.1. The van der Waals surface area contributed by atoms with Gasteiger partial charge in [-0.3, -0.25) is 9.48 Å². The molecule has 5 heteroatoms. The molecule has 0 radical (unpaired) electrons. The molecule has 0 aromatic carbocycles. The molecule has 0 atom stereocenters. The second kappa shape index (κ2) is 3.88. The SMILES string of the molecule is CNC(=O)c1cnn(C(C)(C)C)c1I. The minimum Gasteiger partial charge on any atom is -0.355 e. The van der Waals surface area contributed by atoms with Gasteiger partial charge in [0.25, 0.3) is 5.91 Å². The van der Waals surface area contributed by atoms with Crippen LogP contribution < -0.4 is 5.32 Å². The van der Waals surface area contributed by atoms with E-state index in [1.165, 1.54) is 0 Å². The van der Waals surface area contributed by atoms with Crippen LogP contribution in [-0.2, 0) is 5.54 Å². The van der Waals surface area contributed by atoms with E-state index in [1.807, 2.05) is 4.68 Å². The molecule has 1 amide bonds. The molecule has 78 valence electrons. The fourth-order valence-corrected chi connectivity index (χ4v) is 2.32. The number of nitrogens with one attached hydrogen (secondary N) is 1. The van der Waals surface area contributed by atoms with Crippen LogP contribution in [0.3, 0.4) is 0 Å². The van der Waals surface area contributed by atoms with E-state index in [1.54, 1.807) is 13.2 Å². The Balaban J connectivity index is 3.15. The van der Waals surface area contributed by atoms with Crippen LogP contribution in [0.15, 0.2) is 6.20 Å². The molecule has 1 heterocycles. The summed E-state index contributed by atoms with van der Waals surface area (Å²) in [6.07, 6.45) is 1.60. The Kier molecular flexibility index (Phi) is 3.18. The Morgan fingerprint density at radius 1 is 1.57 bits per heavy atom. The first-order chi connectivity index (χ1) is 6.38. The van der Waals surface area contributed by atoms with Crippen LogP contribution in [-0.4, -0.2) is 22.7 Å². The van der Waals surface area contributed by atoms with Crippen LogP contribution in [0.5, 0.6) is 0 Å². The van der Waals surface area contributed by atoms with Gasteiger partial charge in [-0.15, -0.1) is 0 Å². The van der Waals surface area contributed by atoms with E-state index in [2.05, 4.69) is 53.8 Å². The zero-order chi connectivity index (χ0) is 10.9. The molecule has 1 N–H and O–H groups in total. The summed E-state index contributed by atoms with van der Waals surface area (Å²) in [5, 5.41) is 6.79. The molecule has 0 unspecified atom stereocenters. The summed E-state index contributed by atoms with van der Waals surface area (Å²) in [5.74, 6) is -0.0927. The standard InChI is InChI=1S/C9H14IN3O/c1-9(2,3)13-7(10)6(5-12-13)8(14)11-4/h5H,1-4H3,(H,11,14).